The number of ether oxygens (including phenoxy) is 1. The largest absolute Gasteiger partial charge is 0.452 e. The van der Waals surface area contributed by atoms with Crippen LogP contribution in [0.2, 0.25) is 0 Å². The maximum atomic E-state index is 12.9. The fourth-order valence-electron chi connectivity index (χ4n) is 3.17. The van der Waals surface area contributed by atoms with Gasteiger partial charge in [0, 0.05) is 10.2 Å². The lowest BCUT2D eigenvalue weighted by Crippen LogP contribution is -2.21. The Morgan fingerprint density at radius 2 is 1.39 bits per heavy atom. The Morgan fingerprint density at radius 1 is 0.821 bits per heavy atom. The minimum atomic E-state index is -0.515. The second kappa shape index (κ2) is 7.82. The van der Waals surface area contributed by atoms with Crippen molar-refractivity contribution in [1.29, 1.82) is 0 Å². The van der Waals surface area contributed by atoms with E-state index in [2.05, 4.69) is 21.2 Å². The van der Waals surface area contributed by atoms with Crippen LogP contribution in [0.3, 0.4) is 0 Å². The quantitative estimate of drug-likeness (QED) is 0.339. The number of rotatable bonds is 4. The molecule has 1 amide bonds. The number of halogens is 1. The fraction of sp³-hybridized carbons (Fsp3) is 0.0435. The molecule has 0 fully saturated rings. The van der Waals surface area contributed by atoms with Crippen molar-refractivity contribution in [1.82, 2.24) is 0 Å². The summed E-state index contributed by atoms with van der Waals surface area (Å²) in [5.74, 6) is -0.904. The van der Waals surface area contributed by atoms with Crippen LogP contribution in [0.5, 0.6) is 0 Å². The van der Waals surface area contributed by atoms with Crippen LogP contribution in [0.15, 0.2) is 83.3 Å². The van der Waals surface area contributed by atoms with Gasteiger partial charge in [0.2, 0.25) is 0 Å². The van der Waals surface area contributed by atoms with Crippen molar-refractivity contribution in [3.8, 4) is 0 Å². The highest BCUT2D eigenvalue weighted by Gasteiger charge is 2.17. The van der Waals surface area contributed by atoms with E-state index in [-0.39, 0.29) is 12.5 Å². The van der Waals surface area contributed by atoms with E-state index in [1.807, 2.05) is 66.7 Å². The average Bonchev–Trinajstić information content (AvgIpc) is 2.72. The zero-order chi connectivity index (χ0) is 19.5. The molecule has 0 aliphatic rings. The van der Waals surface area contributed by atoms with E-state index in [4.69, 9.17) is 4.74 Å². The van der Waals surface area contributed by atoms with Crippen LogP contribution >= 0.6 is 15.9 Å². The van der Waals surface area contributed by atoms with Gasteiger partial charge in [-0.1, -0.05) is 64.5 Å². The number of carbonyl (C=O) groups excluding carboxylic acids is 2. The lowest BCUT2D eigenvalue weighted by molar-refractivity contribution is -0.119. The molecule has 0 aliphatic heterocycles. The van der Waals surface area contributed by atoms with Crippen molar-refractivity contribution in [2.75, 3.05) is 11.9 Å². The average molecular weight is 434 g/mol. The third kappa shape index (κ3) is 3.75. The Kier molecular flexibility index (Phi) is 5.08. The van der Waals surface area contributed by atoms with Crippen molar-refractivity contribution in [2.24, 2.45) is 0 Å². The van der Waals surface area contributed by atoms with Crippen molar-refractivity contribution in [2.45, 2.75) is 0 Å². The molecule has 0 unspecified atom stereocenters. The van der Waals surface area contributed by atoms with Crippen molar-refractivity contribution in [3.63, 3.8) is 0 Å². The van der Waals surface area contributed by atoms with Crippen molar-refractivity contribution in [3.05, 3.63) is 88.9 Å². The molecule has 0 heterocycles. The number of fused-ring (bicyclic) bond motifs is 2. The summed E-state index contributed by atoms with van der Waals surface area (Å²) >= 11 is 3.34. The topological polar surface area (TPSA) is 55.4 Å². The molecule has 0 spiro atoms. The van der Waals surface area contributed by atoms with Gasteiger partial charge in [-0.15, -0.1) is 0 Å². The third-order valence-electron chi connectivity index (χ3n) is 4.44. The molecule has 0 saturated carbocycles. The molecule has 138 valence electrons. The Bertz CT molecular complexity index is 1130. The molecular weight excluding hydrogens is 418 g/mol. The highest BCUT2D eigenvalue weighted by Crippen LogP contribution is 2.29. The van der Waals surface area contributed by atoms with Gasteiger partial charge < -0.3 is 10.1 Å². The Morgan fingerprint density at radius 3 is 2.00 bits per heavy atom. The van der Waals surface area contributed by atoms with Gasteiger partial charge in [-0.3, -0.25) is 4.79 Å². The Labute approximate surface area is 170 Å². The first kappa shape index (κ1) is 18.2. The molecule has 0 saturated heterocycles. The summed E-state index contributed by atoms with van der Waals surface area (Å²) in [5, 5.41) is 6.23. The molecule has 4 aromatic rings. The van der Waals surface area contributed by atoms with Gasteiger partial charge >= 0.3 is 5.97 Å². The summed E-state index contributed by atoms with van der Waals surface area (Å²) in [6.07, 6.45) is 0. The molecule has 0 atom stereocenters. The number of esters is 1. The summed E-state index contributed by atoms with van der Waals surface area (Å²) < 4.78 is 6.26. The van der Waals surface area contributed by atoms with Crippen LogP contribution in [0.4, 0.5) is 5.69 Å². The second-order valence-electron chi connectivity index (χ2n) is 6.33. The number of amides is 1. The van der Waals surface area contributed by atoms with Crippen LogP contribution in [-0.4, -0.2) is 18.5 Å². The van der Waals surface area contributed by atoms with E-state index in [1.54, 1.807) is 12.1 Å². The number of carbonyl (C=O) groups is 2. The first-order valence-corrected chi connectivity index (χ1v) is 9.54. The molecule has 0 radical (unpaired) electrons. The molecule has 5 heteroatoms. The van der Waals surface area contributed by atoms with E-state index >= 15 is 0 Å². The maximum Gasteiger partial charge on any atom is 0.339 e. The monoisotopic (exact) mass is 433 g/mol. The number of hydrogen-bond donors (Lipinski definition) is 1. The van der Waals surface area contributed by atoms with Crippen LogP contribution in [0.1, 0.15) is 10.4 Å². The Hall–Kier alpha value is -3.18. The lowest BCUT2D eigenvalue weighted by atomic mass is 9.97. The molecule has 28 heavy (non-hydrogen) atoms. The van der Waals surface area contributed by atoms with Gasteiger partial charge in [0.25, 0.3) is 5.91 Å². The van der Waals surface area contributed by atoms with Crippen LogP contribution in [0, 0.1) is 0 Å². The van der Waals surface area contributed by atoms with Gasteiger partial charge in [-0.05, 0) is 51.9 Å². The lowest BCUT2D eigenvalue weighted by Gasteiger charge is -2.11. The molecule has 1 N–H and O–H groups in total. The standard InChI is InChI=1S/C23H16BrNO3/c24-17-9-11-18(12-10-17)25-21(26)14-28-23(27)22-19-7-3-1-5-15(19)13-16-6-2-4-8-20(16)22/h1-13H,14H2,(H,25,26). The highest BCUT2D eigenvalue weighted by atomic mass is 79.9. The SMILES string of the molecule is O=C(COC(=O)c1c2ccccc2cc2ccccc12)Nc1ccc(Br)cc1. The maximum absolute atomic E-state index is 12.9. The predicted molar refractivity (Wildman–Crippen MR) is 115 cm³/mol. The fourth-order valence-corrected chi connectivity index (χ4v) is 3.43. The number of hydrogen-bond acceptors (Lipinski definition) is 3. The van der Waals surface area contributed by atoms with E-state index in [0.29, 0.717) is 11.3 Å². The van der Waals surface area contributed by atoms with Gasteiger partial charge in [0.1, 0.15) is 0 Å². The first-order chi connectivity index (χ1) is 13.6. The zero-order valence-electron chi connectivity index (χ0n) is 14.8. The summed E-state index contributed by atoms with van der Waals surface area (Å²) in [6, 6.07) is 24.5. The molecule has 0 aromatic heterocycles. The first-order valence-electron chi connectivity index (χ1n) is 8.75. The summed E-state index contributed by atoms with van der Waals surface area (Å²) in [5.41, 5.74) is 1.12. The van der Waals surface area contributed by atoms with Gasteiger partial charge in [-0.25, -0.2) is 4.79 Å². The van der Waals surface area contributed by atoms with Crippen molar-refractivity contribution < 1.29 is 14.3 Å². The van der Waals surface area contributed by atoms with Crippen LogP contribution in [-0.2, 0) is 9.53 Å². The van der Waals surface area contributed by atoms with Crippen molar-refractivity contribution >= 4 is 55.0 Å². The van der Waals surface area contributed by atoms with E-state index < -0.39 is 5.97 Å². The van der Waals surface area contributed by atoms with Gasteiger partial charge in [-0.2, -0.15) is 0 Å². The second-order valence-corrected chi connectivity index (χ2v) is 7.24. The number of anilines is 1. The highest BCUT2D eigenvalue weighted by molar-refractivity contribution is 9.10. The predicted octanol–water partition coefficient (Wildman–Crippen LogP) is 5.55. The summed E-state index contributed by atoms with van der Waals surface area (Å²) in [4.78, 5) is 25.0. The molecule has 4 aromatic carbocycles. The third-order valence-corrected chi connectivity index (χ3v) is 4.97. The van der Waals surface area contributed by atoms with E-state index in [1.165, 1.54) is 0 Å². The Balaban J connectivity index is 1.58. The smallest absolute Gasteiger partial charge is 0.339 e. The van der Waals surface area contributed by atoms with Gasteiger partial charge in [0.05, 0.1) is 5.56 Å². The summed E-state index contributed by atoms with van der Waals surface area (Å²) in [7, 11) is 0. The van der Waals surface area contributed by atoms with Crippen LogP contribution in [0.25, 0.3) is 21.5 Å². The minimum Gasteiger partial charge on any atom is -0.452 e. The molecule has 4 rings (SSSR count). The molecule has 0 aliphatic carbocycles. The number of nitrogens with one attached hydrogen (secondary N) is 1. The van der Waals surface area contributed by atoms with Crippen LogP contribution < -0.4 is 5.32 Å². The summed E-state index contributed by atoms with van der Waals surface area (Å²) in [6.45, 7) is -0.355. The molecule has 0 bridgehead atoms. The van der Waals surface area contributed by atoms with E-state index in [9.17, 15) is 9.59 Å². The van der Waals surface area contributed by atoms with Gasteiger partial charge in [0.15, 0.2) is 6.61 Å². The molecular formula is C23H16BrNO3. The van der Waals surface area contributed by atoms with E-state index in [0.717, 1.165) is 26.0 Å². The normalized spacial score (nSPS) is 10.8. The molecule has 4 nitrogen and oxygen atoms in total. The minimum absolute atomic E-state index is 0.355. The zero-order valence-corrected chi connectivity index (χ0v) is 16.4. The number of benzene rings is 4.